The van der Waals surface area contributed by atoms with Crippen LogP contribution < -0.4 is 0 Å². The van der Waals surface area contributed by atoms with Crippen LogP contribution >= 0.6 is 0 Å². The zero-order valence-corrected chi connectivity index (χ0v) is 12.3. The van der Waals surface area contributed by atoms with Gasteiger partial charge in [-0.3, -0.25) is 0 Å². The van der Waals surface area contributed by atoms with E-state index in [-0.39, 0.29) is 16.8 Å². The maximum Gasteiger partial charge on any atom is 2.00 e. The Labute approximate surface area is 131 Å². The van der Waals surface area contributed by atoms with E-state index in [4.69, 9.17) is 0 Å². The monoisotopic (exact) mass is 305 g/mol. The summed E-state index contributed by atoms with van der Waals surface area (Å²) in [5.74, 6) is 0. The summed E-state index contributed by atoms with van der Waals surface area (Å²) < 4.78 is 0. The van der Waals surface area contributed by atoms with Crippen LogP contribution in [0, 0.1) is 0 Å². The first-order valence-electron chi connectivity index (χ1n) is 6.54. The second kappa shape index (κ2) is 10.0. The molecule has 0 bridgehead atoms. The van der Waals surface area contributed by atoms with Crippen LogP contribution in [0.3, 0.4) is 0 Å². The van der Waals surface area contributed by atoms with Crippen LogP contribution in [0.1, 0.15) is 11.1 Å². The van der Waals surface area contributed by atoms with Crippen molar-refractivity contribution in [2.45, 2.75) is 6.42 Å². The second-order valence-corrected chi connectivity index (χ2v) is 4.27. The van der Waals surface area contributed by atoms with Crippen molar-refractivity contribution in [3.63, 3.8) is 0 Å². The molecular formula is C19H18Co. The molecule has 0 aromatic heterocycles. The minimum Gasteiger partial charge on any atom is -0.214 e. The summed E-state index contributed by atoms with van der Waals surface area (Å²) in [5.41, 5.74) is 2.64. The van der Waals surface area contributed by atoms with Crippen LogP contribution in [0.25, 0.3) is 6.08 Å². The topological polar surface area (TPSA) is 0 Å². The number of hydrogen-bond acceptors (Lipinski definition) is 0. The summed E-state index contributed by atoms with van der Waals surface area (Å²) in [6.07, 6.45) is 5.37. The molecule has 0 unspecified atom stereocenters. The fourth-order valence-corrected chi connectivity index (χ4v) is 1.77. The summed E-state index contributed by atoms with van der Waals surface area (Å²) in [7, 11) is 0. The first-order valence-corrected chi connectivity index (χ1v) is 6.54. The van der Waals surface area contributed by atoms with Gasteiger partial charge < -0.3 is 0 Å². The van der Waals surface area contributed by atoms with Gasteiger partial charge in [0.1, 0.15) is 0 Å². The molecule has 0 spiro atoms. The molecule has 0 saturated carbocycles. The summed E-state index contributed by atoms with van der Waals surface area (Å²) in [4.78, 5) is 0. The molecule has 20 heavy (non-hydrogen) atoms. The first-order chi connectivity index (χ1) is 9.45. The molecule has 103 valence electrons. The minimum atomic E-state index is 0. The molecule has 3 aromatic carbocycles. The van der Waals surface area contributed by atoms with Gasteiger partial charge >= 0.3 is 16.8 Å². The van der Waals surface area contributed by atoms with Gasteiger partial charge in [-0.2, -0.15) is 35.9 Å². The molecule has 0 fully saturated rings. The van der Waals surface area contributed by atoms with Gasteiger partial charge in [0.2, 0.25) is 0 Å². The Bertz CT molecular complexity index is 528. The Kier molecular flexibility index (Phi) is 8.12. The van der Waals surface area contributed by atoms with Crippen molar-refractivity contribution in [3.05, 3.63) is 102 Å². The Morgan fingerprint density at radius 2 is 1.50 bits per heavy atom. The van der Waals surface area contributed by atoms with Gasteiger partial charge in [0.05, 0.1) is 0 Å². The van der Waals surface area contributed by atoms with Crippen LogP contribution in [0.2, 0.25) is 0 Å². The summed E-state index contributed by atoms with van der Waals surface area (Å²) in [6, 6.07) is 28.8. The zero-order valence-electron chi connectivity index (χ0n) is 11.3. The molecular weight excluding hydrogens is 287 g/mol. The third-order valence-electron chi connectivity index (χ3n) is 2.75. The second-order valence-electron chi connectivity index (χ2n) is 4.27. The van der Waals surface area contributed by atoms with Crippen molar-refractivity contribution in [3.8, 4) is 0 Å². The molecule has 0 saturated heterocycles. The zero-order chi connectivity index (χ0) is 13.2. The van der Waals surface area contributed by atoms with Crippen molar-refractivity contribution in [2.24, 2.45) is 0 Å². The summed E-state index contributed by atoms with van der Waals surface area (Å²) >= 11 is 0. The number of benzene rings is 1. The normalized spacial score (nSPS) is 9.60. The van der Waals surface area contributed by atoms with E-state index in [0.717, 1.165) is 6.42 Å². The van der Waals surface area contributed by atoms with E-state index in [0.29, 0.717) is 0 Å². The van der Waals surface area contributed by atoms with Crippen molar-refractivity contribution >= 4 is 6.08 Å². The molecule has 0 aliphatic rings. The van der Waals surface area contributed by atoms with Crippen LogP contribution in [0.15, 0.2) is 91.0 Å². The molecule has 3 rings (SSSR count). The van der Waals surface area contributed by atoms with Gasteiger partial charge in [-0.25, -0.2) is 24.3 Å². The third-order valence-corrected chi connectivity index (χ3v) is 2.75. The van der Waals surface area contributed by atoms with Crippen molar-refractivity contribution in [2.75, 3.05) is 0 Å². The van der Waals surface area contributed by atoms with E-state index in [1.807, 2.05) is 36.4 Å². The molecule has 0 nitrogen and oxygen atoms in total. The fraction of sp³-hybridized carbons (Fsp3) is 0.0526. The van der Waals surface area contributed by atoms with Crippen molar-refractivity contribution < 1.29 is 16.8 Å². The van der Waals surface area contributed by atoms with E-state index in [1.54, 1.807) is 0 Å². The largest absolute Gasteiger partial charge is 2.00 e. The van der Waals surface area contributed by atoms with Crippen LogP contribution in [-0.2, 0) is 23.2 Å². The van der Waals surface area contributed by atoms with E-state index < -0.39 is 0 Å². The molecule has 0 heterocycles. The number of allylic oxidation sites excluding steroid dienone is 1. The van der Waals surface area contributed by atoms with E-state index in [1.165, 1.54) is 11.1 Å². The molecule has 0 atom stereocenters. The van der Waals surface area contributed by atoms with Crippen LogP contribution in [-0.4, -0.2) is 0 Å². The molecule has 1 radical (unpaired) electrons. The minimum absolute atomic E-state index is 0. The summed E-state index contributed by atoms with van der Waals surface area (Å²) in [6.45, 7) is 0. The predicted molar refractivity (Wildman–Crippen MR) is 83.3 cm³/mol. The van der Waals surface area contributed by atoms with Crippen molar-refractivity contribution in [1.29, 1.82) is 0 Å². The molecule has 0 aliphatic heterocycles. The average Bonchev–Trinajstić information content (AvgIpc) is 3.16. The van der Waals surface area contributed by atoms with Crippen LogP contribution in [0.4, 0.5) is 0 Å². The van der Waals surface area contributed by atoms with Gasteiger partial charge in [-0.15, -0.1) is 0 Å². The number of rotatable bonds is 3. The van der Waals surface area contributed by atoms with Crippen molar-refractivity contribution in [1.82, 2.24) is 0 Å². The molecule has 0 amide bonds. The number of hydrogen-bond donors (Lipinski definition) is 0. The third kappa shape index (κ3) is 6.37. The Morgan fingerprint density at radius 3 is 2.05 bits per heavy atom. The van der Waals surface area contributed by atoms with E-state index in [9.17, 15) is 0 Å². The van der Waals surface area contributed by atoms with Gasteiger partial charge in [0, 0.05) is 0 Å². The SMILES string of the molecule is C(=Cc1ccccc1)C[c-]1cccc1.[Co+2].c1cc[cH-]c1. The Balaban J connectivity index is 0.000000283. The molecule has 1 heteroatoms. The quantitative estimate of drug-likeness (QED) is 0.593. The van der Waals surface area contributed by atoms with Crippen LogP contribution in [0.5, 0.6) is 0 Å². The van der Waals surface area contributed by atoms with Gasteiger partial charge in [-0.05, 0) is 5.56 Å². The molecule has 3 aromatic rings. The maximum absolute atomic E-state index is 2.20. The Hall–Kier alpha value is -1.83. The summed E-state index contributed by atoms with van der Waals surface area (Å²) in [5, 5.41) is 0. The van der Waals surface area contributed by atoms with Gasteiger partial charge in [0.25, 0.3) is 0 Å². The fourth-order valence-electron chi connectivity index (χ4n) is 1.77. The van der Waals surface area contributed by atoms with E-state index in [2.05, 4.69) is 60.7 Å². The molecule has 0 N–H and O–H groups in total. The average molecular weight is 305 g/mol. The standard InChI is InChI=1S/C14H13.C5H5.Co/c1-2-7-13(8-3-1)11-6-12-14-9-4-5-10-14;1-2-4-5-3-1;/h1-11H,12H2;1-5H;/q2*-1;+2. The molecule has 0 aliphatic carbocycles. The smallest absolute Gasteiger partial charge is 0.214 e. The van der Waals surface area contributed by atoms with Gasteiger partial charge in [0.15, 0.2) is 0 Å². The first kappa shape index (κ1) is 16.2. The van der Waals surface area contributed by atoms with E-state index >= 15 is 0 Å². The predicted octanol–water partition coefficient (Wildman–Crippen LogP) is 5.06. The Morgan fingerprint density at radius 1 is 0.850 bits per heavy atom. The maximum atomic E-state index is 2.20. The van der Waals surface area contributed by atoms with Gasteiger partial charge in [-0.1, -0.05) is 48.9 Å².